The minimum Gasteiger partial charge on any atom is -0.497 e. The summed E-state index contributed by atoms with van der Waals surface area (Å²) in [7, 11) is 3.17. The lowest BCUT2D eigenvalue weighted by Crippen LogP contribution is -2.36. The maximum atomic E-state index is 13.2. The van der Waals surface area contributed by atoms with E-state index >= 15 is 0 Å². The number of Topliss-reactive ketones (excluding diaryl/α,β-unsaturated/α-hetero) is 2. The van der Waals surface area contributed by atoms with Crippen LogP contribution in [0.2, 0.25) is 0 Å². The number of benzene rings is 2. The maximum Gasteiger partial charge on any atom is 0.280 e. The Balaban J connectivity index is 1.70. The Hall–Kier alpha value is -3.75. The van der Waals surface area contributed by atoms with Crippen LogP contribution >= 0.6 is 0 Å². The van der Waals surface area contributed by atoms with Crippen LogP contribution in [0.15, 0.2) is 41.2 Å². The number of methoxy groups -OCH3 is 2. The molecule has 1 aliphatic carbocycles. The van der Waals surface area contributed by atoms with E-state index in [1.807, 2.05) is 12.1 Å². The Bertz CT molecular complexity index is 1220. The van der Waals surface area contributed by atoms with Gasteiger partial charge in [-0.1, -0.05) is 11.3 Å². The van der Waals surface area contributed by atoms with E-state index in [-0.39, 0.29) is 30.8 Å². The summed E-state index contributed by atoms with van der Waals surface area (Å²) in [4.78, 5) is 37.1. The molecule has 0 radical (unpaired) electrons. The van der Waals surface area contributed by atoms with E-state index in [0.29, 0.717) is 34.6 Å². The second kappa shape index (κ2) is 8.55. The van der Waals surface area contributed by atoms with Gasteiger partial charge >= 0.3 is 0 Å². The van der Waals surface area contributed by atoms with Crippen molar-refractivity contribution in [3.05, 3.63) is 52.3 Å². The molecule has 0 amide bonds. The second-order valence-corrected chi connectivity index (χ2v) is 7.31. The minimum atomic E-state index is -0.770. The largest absolute Gasteiger partial charge is 0.497 e. The van der Waals surface area contributed by atoms with Gasteiger partial charge in [0.15, 0.2) is 5.78 Å². The lowest BCUT2D eigenvalue weighted by atomic mass is 9.93. The van der Waals surface area contributed by atoms with Gasteiger partial charge in [0.05, 0.1) is 26.0 Å². The first-order chi connectivity index (χ1) is 15.0. The number of rotatable bonds is 6. The van der Waals surface area contributed by atoms with E-state index < -0.39 is 11.6 Å². The van der Waals surface area contributed by atoms with Gasteiger partial charge in [-0.25, -0.2) is 0 Å². The Morgan fingerprint density at radius 2 is 1.97 bits per heavy atom. The highest BCUT2D eigenvalue weighted by atomic mass is 16.5. The van der Waals surface area contributed by atoms with Gasteiger partial charge in [0.1, 0.15) is 28.8 Å². The zero-order valence-electron chi connectivity index (χ0n) is 17.3. The monoisotopic (exact) mass is 422 g/mol. The molecule has 9 nitrogen and oxygen atoms in total. The van der Waals surface area contributed by atoms with Crippen molar-refractivity contribution in [1.82, 2.24) is 15.0 Å². The molecular weight excluding hydrogens is 400 g/mol. The first kappa shape index (κ1) is 20.5. The molecule has 1 heterocycles. The molecule has 1 aliphatic rings. The van der Waals surface area contributed by atoms with E-state index in [2.05, 4.69) is 15.6 Å². The number of ketones is 2. The van der Waals surface area contributed by atoms with Gasteiger partial charge in [-0.2, -0.15) is 4.68 Å². The van der Waals surface area contributed by atoms with Crippen molar-refractivity contribution in [2.75, 3.05) is 19.5 Å². The van der Waals surface area contributed by atoms with Crippen LogP contribution in [0.1, 0.15) is 30.9 Å². The third-order valence-corrected chi connectivity index (χ3v) is 5.40. The quantitative estimate of drug-likeness (QED) is 0.602. The first-order valence-corrected chi connectivity index (χ1v) is 9.89. The molecule has 1 fully saturated rings. The summed E-state index contributed by atoms with van der Waals surface area (Å²) in [6, 6.07) is 9.94. The summed E-state index contributed by atoms with van der Waals surface area (Å²) in [6.07, 6.45) is 0.332. The number of carbonyl (C=O) groups excluding carboxylic acids is 2. The van der Waals surface area contributed by atoms with Gasteiger partial charge in [0, 0.05) is 24.2 Å². The first-order valence-electron chi connectivity index (χ1n) is 9.89. The molecule has 9 heteroatoms. The van der Waals surface area contributed by atoms with Crippen molar-refractivity contribution < 1.29 is 19.1 Å². The molecule has 160 valence electrons. The number of anilines is 1. The number of ether oxygens (including phenoxy) is 2. The smallest absolute Gasteiger partial charge is 0.280 e. The fourth-order valence-electron chi connectivity index (χ4n) is 3.78. The van der Waals surface area contributed by atoms with Gasteiger partial charge < -0.3 is 14.8 Å². The fourth-order valence-corrected chi connectivity index (χ4v) is 3.78. The van der Waals surface area contributed by atoms with Crippen LogP contribution in [0.3, 0.4) is 0 Å². The normalized spacial score (nSPS) is 16.4. The summed E-state index contributed by atoms with van der Waals surface area (Å²) in [5, 5.41) is 11.7. The molecule has 1 aromatic heterocycles. The maximum absolute atomic E-state index is 13.2. The summed E-state index contributed by atoms with van der Waals surface area (Å²) in [5.41, 5.74) is 1.42. The van der Waals surface area contributed by atoms with E-state index in [1.54, 1.807) is 38.5 Å². The van der Waals surface area contributed by atoms with Crippen molar-refractivity contribution >= 4 is 28.2 Å². The molecule has 2 aromatic carbocycles. The number of hydrogen-bond acceptors (Lipinski definition) is 8. The van der Waals surface area contributed by atoms with E-state index in [9.17, 15) is 14.4 Å². The standard InChI is InChI=1S/C22H22N4O5/c1-30-15-7-9-20(31-2)13(10-15)12-23-16-4-3-5-17-21(16)22(29)26(25-24-17)18-8-6-14(27)11-19(18)28/h3-5,7,9-10,18,23H,6,8,11-12H2,1-2H3. The molecule has 1 saturated carbocycles. The SMILES string of the molecule is COc1ccc(OC)c(CNc2cccc3nnn(C4CCC(=O)CC4=O)c(=O)c23)c1. The molecule has 31 heavy (non-hydrogen) atoms. The van der Waals surface area contributed by atoms with Crippen molar-refractivity contribution in [3.63, 3.8) is 0 Å². The minimum absolute atomic E-state index is 0.113. The Morgan fingerprint density at radius 3 is 2.71 bits per heavy atom. The number of fused-ring (bicyclic) bond motifs is 1. The van der Waals surface area contributed by atoms with Crippen molar-refractivity contribution in [1.29, 1.82) is 0 Å². The number of hydrogen-bond donors (Lipinski definition) is 1. The predicted molar refractivity (Wildman–Crippen MR) is 114 cm³/mol. The molecule has 0 aliphatic heterocycles. The summed E-state index contributed by atoms with van der Waals surface area (Å²) in [5.74, 6) is 0.952. The molecule has 1 atom stereocenters. The molecule has 0 saturated heterocycles. The van der Waals surface area contributed by atoms with Crippen LogP contribution in [0.5, 0.6) is 11.5 Å². The Kier molecular flexibility index (Phi) is 5.66. The van der Waals surface area contributed by atoms with E-state index in [1.165, 1.54) is 0 Å². The summed E-state index contributed by atoms with van der Waals surface area (Å²) < 4.78 is 11.8. The lowest BCUT2D eigenvalue weighted by molar-refractivity contribution is -0.132. The molecule has 3 aromatic rings. The Morgan fingerprint density at radius 1 is 1.13 bits per heavy atom. The summed E-state index contributed by atoms with van der Waals surface area (Å²) >= 11 is 0. The topological polar surface area (TPSA) is 112 Å². The molecular formula is C22H22N4O5. The highest BCUT2D eigenvalue weighted by molar-refractivity contribution is 6.03. The van der Waals surface area contributed by atoms with Crippen molar-refractivity contribution in [3.8, 4) is 11.5 Å². The molecule has 0 bridgehead atoms. The van der Waals surface area contributed by atoms with Crippen LogP contribution < -0.4 is 20.3 Å². The van der Waals surface area contributed by atoms with Crippen molar-refractivity contribution in [2.45, 2.75) is 31.8 Å². The van der Waals surface area contributed by atoms with E-state index in [4.69, 9.17) is 9.47 Å². The van der Waals surface area contributed by atoms with Gasteiger partial charge in [-0.05, 0) is 36.8 Å². The lowest BCUT2D eigenvalue weighted by Gasteiger charge is -2.20. The van der Waals surface area contributed by atoms with Gasteiger partial charge in [-0.3, -0.25) is 14.4 Å². The average molecular weight is 422 g/mol. The number of carbonyl (C=O) groups is 2. The fraction of sp³-hybridized carbons (Fsp3) is 0.318. The van der Waals surface area contributed by atoms with Crippen LogP contribution in [0, 0.1) is 0 Å². The number of aromatic nitrogens is 3. The second-order valence-electron chi connectivity index (χ2n) is 7.31. The molecule has 4 rings (SSSR count). The van der Waals surface area contributed by atoms with Gasteiger partial charge in [0.25, 0.3) is 5.56 Å². The van der Waals surface area contributed by atoms with Crippen LogP contribution in [-0.4, -0.2) is 40.8 Å². The molecule has 1 unspecified atom stereocenters. The third kappa shape index (κ3) is 3.98. The zero-order valence-corrected chi connectivity index (χ0v) is 17.3. The predicted octanol–water partition coefficient (Wildman–Crippen LogP) is 2.28. The van der Waals surface area contributed by atoms with Crippen LogP contribution in [0.25, 0.3) is 10.9 Å². The van der Waals surface area contributed by atoms with Gasteiger partial charge in [-0.15, -0.1) is 5.10 Å². The van der Waals surface area contributed by atoms with Crippen molar-refractivity contribution in [2.24, 2.45) is 0 Å². The number of nitrogens with zero attached hydrogens (tertiary/aromatic N) is 3. The summed E-state index contributed by atoms with van der Waals surface area (Å²) in [6.45, 7) is 0.373. The highest BCUT2D eigenvalue weighted by Gasteiger charge is 2.30. The number of nitrogens with one attached hydrogen (secondary N) is 1. The van der Waals surface area contributed by atoms with Gasteiger partial charge in [0.2, 0.25) is 0 Å². The third-order valence-electron chi connectivity index (χ3n) is 5.40. The molecule has 0 spiro atoms. The highest BCUT2D eigenvalue weighted by Crippen LogP contribution is 2.27. The van der Waals surface area contributed by atoms with Crippen LogP contribution in [-0.2, 0) is 16.1 Å². The average Bonchev–Trinajstić information content (AvgIpc) is 2.78. The molecule has 1 N–H and O–H groups in total. The van der Waals surface area contributed by atoms with Crippen LogP contribution in [0.4, 0.5) is 5.69 Å². The Labute approximate surface area is 178 Å². The zero-order chi connectivity index (χ0) is 22.0. The van der Waals surface area contributed by atoms with E-state index in [0.717, 1.165) is 10.2 Å².